The lowest BCUT2D eigenvalue weighted by molar-refractivity contribution is -0.274. The number of hydrogen-bond acceptors (Lipinski definition) is 8. The largest absolute Gasteiger partial charge is 0.573 e. The Bertz CT molecular complexity index is 1410. The minimum atomic E-state index is -4.77. The first kappa shape index (κ1) is 20.9. The van der Waals surface area contributed by atoms with E-state index in [0.717, 1.165) is 11.3 Å². The van der Waals surface area contributed by atoms with Crippen LogP contribution in [-0.4, -0.2) is 42.9 Å². The van der Waals surface area contributed by atoms with Gasteiger partial charge in [-0.3, -0.25) is 14.2 Å². The maximum atomic E-state index is 12.5. The molecule has 33 heavy (non-hydrogen) atoms. The Morgan fingerprint density at radius 2 is 2.03 bits per heavy atom. The van der Waals surface area contributed by atoms with Crippen LogP contribution in [0.2, 0.25) is 0 Å². The van der Waals surface area contributed by atoms with Crippen LogP contribution >= 0.6 is 11.3 Å². The van der Waals surface area contributed by atoms with Gasteiger partial charge in [-0.05, 0) is 24.3 Å². The summed E-state index contributed by atoms with van der Waals surface area (Å²) in [5, 5.41) is 7.62. The SMILES string of the molecule is O=C(Cn1cnc2c1c(=O)nc1n2CCN1)Nc1nc(-c2ccc(OC(F)(F)F)cc2)cs1. The summed E-state index contributed by atoms with van der Waals surface area (Å²) in [7, 11) is 0. The zero-order chi connectivity index (χ0) is 23.2. The fourth-order valence-corrected chi connectivity index (χ4v) is 4.18. The average Bonchev–Trinajstić information content (AvgIpc) is 3.47. The van der Waals surface area contributed by atoms with Crippen LogP contribution in [-0.2, 0) is 17.9 Å². The molecule has 2 N–H and O–H groups in total. The smallest absolute Gasteiger partial charge is 0.406 e. The predicted octanol–water partition coefficient (Wildman–Crippen LogP) is 2.68. The molecule has 5 rings (SSSR count). The minimum Gasteiger partial charge on any atom is -0.406 e. The van der Waals surface area contributed by atoms with E-state index < -0.39 is 17.8 Å². The van der Waals surface area contributed by atoms with Gasteiger partial charge in [-0.1, -0.05) is 0 Å². The van der Waals surface area contributed by atoms with Gasteiger partial charge in [-0.25, -0.2) is 9.97 Å². The third-order valence-electron chi connectivity index (χ3n) is 4.81. The summed E-state index contributed by atoms with van der Waals surface area (Å²) in [6.45, 7) is 1.09. The first-order chi connectivity index (χ1) is 15.8. The number of amides is 1. The number of carbonyl (C=O) groups excluding carboxylic acids is 1. The fourth-order valence-electron chi connectivity index (χ4n) is 3.45. The zero-order valence-corrected chi connectivity index (χ0v) is 17.4. The van der Waals surface area contributed by atoms with Crippen LogP contribution in [0.3, 0.4) is 0 Å². The van der Waals surface area contributed by atoms with E-state index in [1.807, 2.05) is 0 Å². The molecule has 1 amide bonds. The quantitative estimate of drug-likeness (QED) is 0.454. The number of anilines is 2. The number of halogens is 3. The van der Waals surface area contributed by atoms with Crippen molar-refractivity contribution in [2.75, 3.05) is 17.2 Å². The highest BCUT2D eigenvalue weighted by Gasteiger charge is 2.31. The monoisotopic (exact) mass is 477 g/mol. The van der Waals surface area contributed by atoms with Gasteiger partial charge in [0.25, 0.3) is 0 Å². The van der Waals surface area contributed by atoms with Crippen LogP contribution in [0, 0.1) is 0 Å². The molecule has 0 unspecified atom stereocenters. The molecule has 0 bridgehead atoms. The van der Waals surface area contributed by atoms with Crippen molar-refractivity contribution in [2.45, 2.75) is 19.5 Å². The lowest BCUT2D eigenvalue weighted by Crippen LogP contribution is -2.21. The molecule has 3 aromatic heterocycles. The highest BCUT2D eigenvalue weighted by Crippen LogP contribution is 2.28. The molecule has 0 atom stereocenters. The van der Waals surface area contributed by atoms with E-state index in [1.54, 1.807) is 9.95 Å². The number of nitrogens with one attached hydrogen (secondary N) is 2. The van der Waals surface area contributed by atoms with Gasteiger partial charge in [0.2, 0.25) is 11.9 Å². The van der Waals surface area contributed by atoms with Crippen molar-refractivity contribution < 1.29 is 22.7 Å². The van der Waals surface area contributed by atoms with Gasteiger partial charge < -0.3 is 19.9 Å². The summed E-state index contributed by atoms with van der Waals surface area (Å²) in [5.74, 6) is -0.308. The number of fused-ring (bicyclic) bond motifs is 3. The van der Waals surface area contributed by atoms with Gasteiger partial charge in [-0.2, -0.15) is 4.98 Å². The standard InChI is InChI=1S/C19H14F3N7O3S/c20-19(21,22)32-11-3-1-10(2-4-11)12-8-33-18(25-12)26-13(30)7-28-9-24-15-14(28)16(31)27-17-23-5-6-29(15)17/h1-4,8-9H,5-7H2,(H,23,27,31)(H,25,26,30). The van der Waals surface area contributed by atoms with E-state index in [2.05, 4.69) is 30.3 Å². The van der Waals surface area contributed by atoms with E-state index >= 15 is 0 Å². The molecular weight excluding hydrogens is 463 g/mol. The Hall–Kier alpha value is -3.94. The molecule has 0 saturated heterocycles. The first-order valence-corrected chi connectivity index (χ1v) is 10.5. The lowest BCUT2D eigenvalue weighted by Gasteiger charge is -2.08. The Labute approximate surface area is 186 Å². The predicted molar refractivity (Wildman–Crippen MR) is 113 cm³/mol. The molecule has 1 aliphatic heterocycles. The average molecular weight is 477 g/mol. The molecule has 0 aliphatic carbocycles. The van der Waals surface area contributed by atoms with E-state index in [9.17, 15) is 22.8 Å². The molecule has 0 fully saturated rings. The van der Waals surface area contributed by atoms with Crippen LogP contribution in [0.4, 0.5) is 24.3 Å². The molecule has 1 aliphatic rings. The van der Waals surface area contributed by atoms with Gasteiger partial charge in [0.15, 0.2) is 16.3 Å². The second kappa shape index (κ2) is 7.88. The van der Waals surface area contributed by atoms with Crippen LogP contribution in [0.1, 0.15) is 0 Å². The molecule has 0 spiro atoms. The molecule has 0 radical (unpaired) electrons. The number of aromatic nitrogens is 5. The van der Waals surface area contributed by atoms with Crippen molar-refractivity contribution in [3.05, 3.63) is 46.3 Å². The second-order valence-electron chi connectivity index (χ2n) is 7.02. The molecule has 4 aromatic rings. The summed E-state index contributed by atoms with van der Waals surface area (Å²) in [5.41, 5.74) is 1.25. The summed E-state index contributed by atoms with van der Waals surface area (Å²) in [6.07, 6.45) is -3.35. The number of carbonyl (C=O) groups is 1. The minimum absolute atomic E-state index is 0.168. The van der Waals surface area contributed by atoms with Gasteiger partial charge in [0, 0.05) is 24.0 Å². The van der Waals surface area contributed by atoms with Crippen molar-refractivity contribution >= 4 is 39.5 Å². The van der Waals surface area contributed by atoms with E-state index in [0.29, 0.717) is 41.1 Å². The Morgan fingerprint density at radius 3 is 2.79 bits per heavy atom. The number of benzene rings is 1. The third kappa shape index (κ3) is 4.24. The van der Waals surface area contributed by atoms with E-state index in [1.165, 1.54) is 35.2 Å². The van der Waals surface area contributed by atoms with Crippen LogP contribution in [0.15, 0.2) is 40.8 Å². The molecular formula is C19H14F3N7O3S. The topological polar surface area (TPSA) is 116 Å². The molecule has 0 saturated carbocycles. The van der Waals surface area contributed by atoms with Gasteiger partial charge in [-0.15, -0.1) is 24.5 Å². The number of thiazole rings is 1. The summed E-state index contributed by atoms with van der Waals surface area (Å²) >= 11 is 1.16. The molecule has 10 nitrogen and oxygen atoms in total. The number of hydrogen-bond donors (Lipinski definition) is 2. The highest BCUT2D eigenvalue weighted by atomic mass is 32.1. The van der Waals surface area contributed by atoms with Crippen molar-refractivity contribution in [1.29, 1.82) is 0 Å². The van der Waals surface area contributed by atoms with Crippen molar-refractivity contribution in [3.63, 3.8) is 0 Å². The maximum Gasteiger partial charge on any atom is 0.573 e. The van der Waals surface area contributed by atoms with Crippen LogP contribution in [0.25, 0.3) is 22.4 Å². The molecule has 1 aromatic carbocycles. The Balaban J connectivity index is 1.29. The van der Waals surface area contributed by atoms with Crippen molar-refractivity contribution in [3.8, 4) is 17.0 Å². The number of alkyl halides is 3. The molecule has 4 heterocycles. The van der Waals surface area contributed by atoms with Gasteiger partial charge >= 0.3 is 11.9 Å². The zero-order valence-electron chi connectivity index (χ0n) is 16.6. The van der Waals surface area contributed by atoms with Crippen LogP contribution in [0.5, 0.6) is 5.75 Å². The number of nitrogens with zero attached hydrogens (tertiary/aromatic N) is 5. The third-order valence-corrected chi connectivity index (χ3v) is 5.56. The molecule has 170 valence electrons. The maximum absolute atomic E-state index is 12.5. The summed E-state index contributed by atoms with van der Waals surface area (Å²) in [6, 6.07) is 5.24. The fraction of sp³-hybridized carbons (Fsp3) is 0.211. The highest BCUT2D eigenvalue weighted by molar-refractivity contribution is 7.14. The van der Waals surface area contributed by atoms with Gasteiger partial charge in [0.1, 0.15) is 12.3 Å². The first-order valence-electron chi connectivity index (χ1n) is 9.58. The lowest BCUT2D eigenvalue weighted by atomic mass is 10.2. The number of ether oxygens (including phenoxy) is 1. The van der Waals surface area contributed by atoms with E-state index in [4.69, 9.17) is 0 Å². The summed E-state index contributed by atoms with van der Waals surface area (Å²) in [4.78, 5) is 37.5. The van der Waals surface area contributed by atoms with Crippen molar-refractivity contribution in [1.82, 2.24) is 24.1 Å². The van der Waals surface area contributed by atoms with Gasteiger partial charge in [0.05, 0.1) is 12.0 Å². The Morgan fingerprint density at radius 1 is 1.24 bits per heavy atom. The van der Waals surface area contributed by atoms with E-state index in [-0.39, 0.29) is 17.8 Å². The number of imidazole rings is 1. The number of rotatable bonds is 5. The Kier molecular flexibility index (Phi) is 5.00. The molecule has 14 heteroatoms. The van der Waals surface area contributed by atoms with Crippen molar-refractivity contribution in [2.24, 2.45) is 0 Å². The van der Waals surface area contributed by atoms with Crippen LogP contribution < -0.4 is 20.9 Å². The normalized spacial score (nSPS) is 13.1. The second-order valence-corrected chi connectivity index (χ2v) is 7.88. The summed E-state index contributed by atoms with van der Waals surface area (Å²) < 4.78 is 43.9.